The number of rotatable bonds is 6. The molecule has 0 aromatic rings. The molecule has 0 aliphatic heterocycles. The van der Waals surface area contributed by atoms with Crippen molar-refractivity contribution in [3.63, 3.8) is 0 Å². The Kier molecular flexibility index (Phi) is 7.22. The lowest BCUT2D eigenvalue weighted by molar-refractivity contribution is 0.421. The SMILES string of the molecule is C/C=C(O)\C(N)=C/PCC(C)(C)/C=C/C(C)C. The maximum absolute atomic E-state index is 9.39. The minimum atomic E-state index is 0.174. The van der Waals surface area contributed by atoms with Gasteiger partial charge in [-0.25, -0.2) is 0 Å². The van der Waals surface area contributed by atoms with Gasteiger partial charge in [0.05, 0.1) is 5.70 Å². The molecule has 1 atom stereocenters. The van der Waals surface area contributed by atoms with E-state index >= 15 is 0 Å². The predicted octanol–water partition coefficient (Wildman–Crippen LogP) is 4.17. The monoisotopic (exact) mass is 255 g/mol. The summed E-state index contributed by atoms with van der Waals surface area (Å²) in [6, 6.07) is 0. The molecule has 0 rings (SSSR count). The van der Waals surface area contributed by atoms with Crippen molar-refractivity contribution >= 4 is 8.58 Å². The summed E-state index contributed by atoms with van der Waals surface area (Å²) in [4.78, 5) is 0. The highest BCUT2D eigenvalue weighted by atomic mass is 31.1. The van der Waals surface area contributed by atoms with Crippen molar-refractivity contribution in [2.75, 3.05) is 6.16 Å². The number of hydrogen-bond donors (Lipinski definition) is 2. The molecule has 0 aromatic heterocycles. The maximum Gasteiger partial charge on any atom is 0.134 e. The van der Waals surface area contributed by atoms with Crippen molar-refractivity contribution in [2.45, 2.75) is 34.6 Å². The summed E-state index contributed by atoms with van der Waals surface area (Å²) in [6.07, 6.45) is 7.17. The first-order valence-corrected chi connectivity index (χ1v) is 7.31. The molecule has 0 saturated heterocycles. The Morgan fingerprint density at radius 2 is 2.00 bits per heavy atom. The van der Waals surface area contributed by atoms with E-state index in [4.69, 9.17) is 5.73 Å². The highest BCUT2D eigenvalue weighted by molar-refractivity contribution is 7.41. The zero-order valence-electron chi connectivity index (χ0n) is 11.6. The number of aliphatic hydroxyl groups excluding tert-OH is 1. The van der Waals surface area contributed by atoms with Gasteiger partial charge in [0.1, 0.15) is 5.76 Å². The van der Waals surface area contributed by atoms with E-state index in [1.54, 1.807) is 13.0 Å². The van der Waals surface area contributed by atoms with Crippen molar-refractivity contribution < 1.29 is 5.11 Å². The Morgan fingerprint density at radius 1 is 1.41 bits per heavy atom. The predicted molar refractivity (Wildman–Crippen MR) is 79.6 cm³/mol. The molecule has 0 bridgehead atoms. The Balaban J connectivity index is 4.29. The van der Waals surface area contributed by atoms with Crippen LogP contribution in [0.5, 0.6) is 0 Å². The first-order chi connectivity index (χ1) is 7.78. The highest BCUT2D eigenvalue weighted by Gasteiger charge is 2.12. The van der Waals surface area contributed by atoms with E-state index in [0.717, 1.165) is 6.16 Å². The molecule has 0 spiro atoms. The van der Waals surface area contributed by atoms with Crippen LogP contribution in [-0.4, -0.2) is 11.3 Å². The average Bonchev–Trinajstić information content (AvgIpc) is 2.25. The average molecular weight is 255 g/mol. The summed E-state index contributed by atoms with van der Waals surface area (Å²) in [5.74, 6) is 2.68. The standard InChI is InChI=1S/C14H26NOP/c1-6-13(16)12(15)9-17-10-14(4,5)8-7-11(2)3/h6-9,11,16-17H,10,15H2,1-5H3/b8-7+,12-9+,13-6+. The smallest absolute Gasteiger partial charge is 0.134 e. The molecule has 0 radical (unpaired) electrons. The van der Waals surface area contributed by atoms with Gasteiger partial charge in [0, 0.05) is 0 Å². The molecular weight excluding hydrogens is 229 g/mol. The van der Waals surface area contributed by atoms with Gasteiger partial charge in [-0.2, -0.15) is 0 Å². The summed E-state index contributed by atoms with van der Waals surface area (Å²) in [5.41, 5.74) is 6.38. The van der Waals surface area contributed by atoms with Gasteiger partial charge in [0.15, 0.2) is 0 Å². The van der Waals surface area contributed by atoms with Gasteiger partial charge in [-0.3, -0.25) is 0 Å². The molecule has 98 valence electrons. The second-order valence-corrected chi connectivity index (χ2v) is 6.30. The van der Waals surface area contributed by atoms with Crippen LogP contribution in [0.3, 0.4) is 0 Å². The molecule has 1 unspecified atom stereocenters. The highest BCUT2D eigenvalue weighted by Crippen LogP contribution is 2.29. The molecule has 17 heavy (non-hydrogen) atoms. The fourth-order valence-electron chi connectivity index (χ4n) is 1.18. The van der Waals surface area contributed by atoms with Crippen LogP contribution in [-0.2, 0) is 0 Å². The molecule has 0 amide bonds. The fourth-order valence-corrected chi connectivity index (χ4v) is 2.29. The van der Waals surface area contributed by atoms with Gasteiger partial charge >= 0.3 is 0 Å². The van der Waals surface area contributed by atoms with Gasteiger partial charge in [-0.1, -0.05) is 48.4 Å². The van der Waals surface area contributed by atoms with E-state index in [1.807, 2.05) is 5.82 Å². The van der Waals surface area contributed by atoms with Crippen LogP contribution in [0.25, 0.3) is 0 Å². The fraction of sp³-hybridized carbons (Fsp3) is 0.571. The number of aliphatic hydroxyl groups is 1. The molecular formula is C14H26NOP. The quantitative estimate of drug-likeness (QED) is 0.324. The van der Waals surface area contributed by atoms with Crippen LogP contribution in [0.1, 0.15) is 34.6 Å². The van der Waals surface area contributed by atoms with Gasteiger partial charge in [0.2, 0.25) is 0 Å². The summed E-state index contributed by atoms with van der Waals surface area (Å²) >= 11 is 0. The topological polar surface area (TPSA) is 46.2 Å². The second kappa shape index (κ2) is 7.55. The van der Waals surface area contributed by atoms with Crippen LogP contribution in [0.4, 0.5) is 0 Å². The van der Waals surface area contributed by atoms with Crippen molar-refractivity contribution in [1.82, 2.24) is 0 Å². The lowest BCUT2D eigenvalue weighted by atomic mass is 9.94. The molecule has 0 aromatic carbocycles. The molecule has 0 saturated carbocycles. The van der Waals surface area contributed by atoms with E-state index < -0.39 is 0 Å². The van der Waals surface area contributed by atoms with E-state index in [2.05, 4.69) is 39.8 Å². The summed E-state index contributed by atoms with van der Waals surface area (Å²) < 4.78 is 0. The van der Waals surface area contributed by atoms with E-state index in [-0.39, 0.29) is 11.2 Å². The van der Waals surface area contributed by atoms with Crippen molar-refractivity contribution in [1.29, 1.82) is 0 Å². The van der Waals surface area contributed by atoms with Crippen molar-refractivity contribution in [3.05, 3.63) is 35.5 Å². The Hall–Kier alpha value is -0.750. The summed E-state index contributed by atoms with van der Waals surface area (Å²) in [5, 5.41) is 9.39. The maximum atomic E-state index is 9.39. The summed E-state index contributed by atoms with van der Waals surface area (Å²) in [6.45, 7) is 10.6. The second-order valence-electron chi connectivity index (χ2n) is 5.25. The molecule has 2 nitrogen and oxygen atoms in total. The molecule has 0 fully saturated rings. The van der Waals surface area contributed by atoms with Gasteiger partial charge in [-0.15, -0.1) is 0 Å². The van der Waals surface area contributed by atoms with Crippen LogP contribution in [0.2, 0.25) is 0 Å². The van der Waals surface area contributed by atoms with Gasteiger partial charge in [-0.05, 0) is 36.3 Å². The number of allylic oxidation sites excluding steroid dienone is 3. The molecule has 3 N–H and O–H groups in total. The zero-order chi connectivity index (χ0) is 13.5. The van der Waals surface area contributed by atoms with E-state index in [9.17, 15) is 5.11 Å². The van der Waals surface area contributed by atoms with Crippen LogP contribution >= 0.6 is 8.58 Å². The van der Waals surface area contributed by atoms with Gasteiger partial charge < -0.3 is 10.8 Å². The molecule has 3 heteroatoms. The Bertz CT molecular complexity index is 314. The Morgan fingerprint density at radius 3 is 2.47 bits per heavy atom. The van der Waals surface area contributed by atoms with Crippen LogP contribution in [0, 0.1) is 11.3 Å². The van der Waals surface area contributed by atoms with E-state index in [1.165, 1.54) is 0 Å². The first-order valence-electron chi connectivity index (χ1n) is 6.02. The lowest BCUT2D eigenvalue weighted by Crippen LogP contribution is -2.10. The third kappa shape index (κ3) is 8.04. The third-order valence-electron chi connectivity index (χ3n) is 2.32. The van der Waals surface area contributed by atoms with Crippen molar-refractivity contribution in [3.8, 4) is 0 Å². The normalized spacial score (nSPS) is 15.6. The van der Waals surface area contributed by atoms with Gasteiger partial charge in [0.25, 0.3) is 0 Å². The first kappa shape index (κ1) is 16.2. The molecule has 0 heterocycles. The van der Waals surface area contributed by atoms with Crippen molar-refractivity contribution in [2.24, 2.45) is 17.1 Å². The minimum Gasteiger partial charge on any atom is -0.506 e. The minimum absolute atomic E-state index is 0.174. The third-order valence-corrected chi connectivity index (χ3v) is 3.95. The zero-order valence-corrected chi connectivity index (χ0v) is 12.6. The van der Waals surface area contributed by atoms with E-state index in [0.29, 0.717) is 20.2 Å². The number of nitrogens with two attached hydrogens (primary N) is 1. The van der Waals surface area contributed by atoms with Crippen LogP contribution < -0.4 is 5.73 Å². The lowest BCUT2D eigenvalue weighted by Gasteiger charge is -2.19. The molecule has 0 aliphatic carbocycles. The Labute approximate surface area is 107 Å². The van der Waals surface area contributed by atoms with Crippen LogP contribution in [0.15, 0.2) is 35.5 Å². The number of hydrogen-bond acceptors (Lipinski definition) is 2. The summed E-state index contributed by atoms with van der Waals surface area (Å²) in [7, 11) is 0.624. The molecule has 0 aliphatic rings. The largest absolute Gasteiger partial charge is 0.506 e.